The average molecular weight is 399 g/mol. The van der Waals surface area contributed by atoms with Crippen molar-refractivity contribution in [3.63, 3.8) is 0 Å². The SMILES string of the molecule is C.C.CC(C)C.CC(C)C.c1ccc2c(c1)CCC2.c1ccc2c(c1)CCCC2. The normalized spacial score (nSPS) is 13.0. The third-order valence-electron chi connectivity index (χ3n) is 4.27. The minimum atomic E-state index is 0. The second-order valence-electron chi connectivity index (χ2n) is 9.06. The van der Waals surface area contributed by atoms with Gasteiger partial charge in [-0.2, -0.15) is 0 Å². The Hall–Kier alpha value is -1.56. The van der Waals surface area contributed by atoms with Gasteiger partial charge in [-0.3, -0.25) is 0 Å². The van der Waals surface area contributed by atoms with Gasteiger partial charge in [0.1, 0.15) is 0 Å². The summed E-state index contributed by atoms with van der Waals surface area (Å²) in [5.74, 6) is 1.67. The molecule has 0 radical (unpaired) electrons. The van der Waals surface area contributed by atoms with E-state index in [0.717, 1.165) is 11.8 Å². The van der Waals surface area contributed by atoms with Crippen LogP contribution in [0.3, 0.4) is 0 Å². The lowest BCUT2D eigenvalue weighted by Crippen LogP contribution is -2.00. The van der Waals surface area contributed by atoms with Gasteiger partial charge < -0.3 is 0 Å². The zero-order chi connectivity index (χ0) is 20.1. The molecule has 2 aromatic carbocycles. The molecular weight excluding hydrogens is 348 g/mol. The maximum Gasteiger partial charge on any atom is -0.0273 e. The van der Waals surface area contributed by atoms with Crippen molar-refractivity contribution in [2.75, 3.05) is 0 Å². The summed E-state index contributed by atoms with van der Waals surface area (Å²) in [6, 6.07) is 17.5. The van der Waals surface area contributed by atoms with E-state index < -0.39 is 0 Å². The van der Waals surface area contributed by atoms with Gasteiger partial charge in [0.05, 0.1) is 0 Å². The van der Waals surface area contributed by atoms with Gasteiger partial charge in [0.25, 0.3) is 0 Å². The molecule has 0 saturated heterocycles. The molecular formula is C29H50. The van der Waals surface area contributed by atoms with E-state index in [0.29, 0.717) is 0 Å². The number of aryl methyl sites for hydroxylation is 4. The van der Waals surface area contributed by atoms with Crippen molar-refractivity contribution >= 4 is 0 Å². The molecule has 2 aromatic rings. The van der Waals surface area contributed by atoms with Crippen LogP contribution < -0.4 is 0 Å². The first-order valence-corrected chi connectivity index (χ1v) is 11.0. The Bertz CT molecular complexity index is 562. The van der Waals surface area contributed by atoms with Crippen LogP contribution in [0, 0.1) is 11.8 Å². The molecule has 0 atom stereocenters. The lowest BCUT2D eigenvalue weighted by atomic mass is 9.92. The Morgan fingerprint density at radius 2 is 0.655 bits per heavy atom. The molecule has 0 heterocycles. The second-order valence-corrected chi connectivity index (χ2v) is 9.06. The molecule has 0 unspecified atom stereocenters. The number of benzene rings is 2. The van der Waals surface area contributed by atoms with Crippen LogP contribution >= 0.6 is 0 Å². The molecule has 2 aliphatic carbocycles. The lowest BCUT2D eigenvalue weighted by molar-refractivity contribution is 0.685. The third kappa shape index (κ3) is 14.1. The molecule has 2 aliphatic rings. The molecule has 0 aromatic heterocycles. The van der Waals surface area contributed by atoms with E-state index in [1.165, 1.54) is 44.9 Å². The van der Waals surface area contributed by atoms with Crippen molar-refractivity contribution in [2.24, 2.45) is 11.8 Å². The maximum atomic E-state index is 2.26. The van der Waals surface area contributed by atoms with Crippen molar-refractivity contribution < 1.29 is 0 Å². The molecule has 0 amide bonds. The topological polar surface area (TPSA) is 0 Å². The van der Waals surface area contributed by atoms with E-state index in [9.17, 15) is 0 Å². The second kappa shape index (κ2) is 17.3. The summed E-state index contributed by atoms with van der Waals surface area (Å²) in [4.78, 5) is 0. The predicted molar refractivity (Wildman–Crippen MR) is 136 cm³/mol. The van der Waals surface area contributed by atoms with Crippen molar-refractivity contribution in [1.29, 1.82) is 0 Å². The maximum absolute atomic E-state index is 2.26. The average Bonchev–Trinajstić information content (AvgIpc) is 3.10. The minimum Gasteiger partial charge on any atom is -0.0776 e. The van der Waals surface area contributed by atoms with E-state index in [1.807, 2.05) is 0 Å². The summed E-state index contributed by atoms with van der Waals surface area (Å²) in [5, 5.41) is 0. The molecule has 29 heavy (non-hydrogen) atoms. The third-order valence-corrected chi connectivity index (χ3v) is 4.27. The van der Waals surface area contributed by atoms with Gasteiger partial charge in [-0.1, -0.05) is 105 Å². The Morgan fingerprint density at radius 1 is 0.448 bits per heavy atom. The fourth-order valence-electron chi connectivity index (χ4n) is 3.19. The number of fused-ring (bicyclic) bond motifs is 2. The highest BCUT2D eigenvalue weighted by atomic mass is 14.1. The van der Waals surface area contributed by atoms with E-state index in [-0.39, 0.29) is 14.9 Å². The van der Waals surface area contributed by atoms with Crippen molar-refractivity contribution in [2.45, 2.75) is 101 Å². The summed E-state index contributed by atoms with van der Waals surface area (Å²) in [7, 11) is 0. The molecule has 166 valence electrons. The van der Waals surface area contributed by atoms with Crippen LogP contribution in [0.15, 0.2) is 48.5 Å². The van der Waals surface area contributed by atoms with Crippen molar-refractivity contribution in [3.05, 3.63) is 70.8 Å². The lowest BCUT2D eigenvalue weighted by Gasteiger charge is -2.13. The molecule has 0 heteroatoms. The summed E-state index contributed by atoms with van der Waals surface area (Å²) in [5.41, 5.74) is 6.29. The van der Waals surface area contributed by atoms with Gasteiger partial charge in [0, 0.05) is 0 Å². The zero-order valence-electron chi connectivity index (χ0n) is 18.7. The Labute approximate surface area is 184 Å². The van der Waals surface area contributed by atoms with E-state index >= 15 is 0 Å². The molecule has 0 bridgehead atoms. The van der Waals surface area contributed by atoms with E-state index in [1.54, 1.807) is 22.3 Å². The fraction of sp³-hybridized carbons (Fsp3) is 0.586. The minimum absolute atomic E-state index is 0. The van der Waals surface area contributed by atoms with Crippen LogP contribution in [-0.2, 0) is 25.7 Å². The van der Waals surface area contributed by atoms with Crippen LogP contribution in [0.4, 0.5) is 0 Å². The molecule has 4 rings (SSSR count). The summed E-state index contributed by atoms with van der Waals surface area (Å²) >= 11 is 0. The van der Waals surface area contributed by atoms with Crippen LogP contribution in [0.2, 0.25) is 0 Å². The molecule has 0 saturated carbocycles. The van der Waals surface area contributed by atoms with Crippen LogP contribution in [0.25, 0.3) is 0 Å². The molecule has 0 spiro atoms. The molecule has 0 nitrogen and oxygen atoms in total. The number of hydrogen-bond acceptors (Lipinski definition) is 0. The highest BCUT2D eigenvalue weighted by Gasteiger charge is 2.07. The van der Waals surface area contributed by atoms with E-state index in [4.69, 9.17) is 0 Å². The summed E-state index contributed by atoms with van der Waals surface area (Å²) in [6.07, 6.45) is 9.34. The standard InChI is InChI=1S/C10H12.C9H10.2C4H10.2CH4/c1-2-6-10-8-4-3-7-9(10)5-1;1-2-5-9-7-3-6-8(9)4-1;2*1-4(2)3;;/h1-2,5-6H,3-4,7-8H2;1-2,4-5H,3,6-7H2;2*4H,1-3H3;2*1H4. The zero-order valence-corrected chi connectivity index (χ0v) is 18.7. The summed E-state index contributed by atoms with van der Waals surface area (Å²) < 4.78 is 0. The van der Waals surface area contributed by atoms with Crippen molar-refractivity contribution in [1.82, 2.24) is 0 Å². The quantitative estimate of drug-likeness (QED) is 0.414. The fourth-order valence-corrected chi connectivity index (χ4v) is 3.19. The Kier molecular flexibility index (Phi) is 17.7. The number of rotatable bonds is 0. The molecule has 0 N–H and O–H groups in total. The van der Waals surface area contributed by atoms with Gasteiger partial charge in [-0.25, -0.2) is 0 Å². The van der Waals surface area contributed by atoms with Crippen molar-refractivity contribution in [3.8, 4) is 0 Å². The van der Waals surface area contributed by atoms with Crippen LogP contribution in [-0.4, -0.2) is 0 Å². The molecule has 0 aliphatic heterocycles. The largest absolute Gasteiger partial charge is 0.0776 e. The Balaban J connectivity index is 0. The highest BCUT2D eigenvalue weighted by molar-refractivity contribution is 5.30. The first-order chi connectivity index (χ1) is 12.9. The highest BCUT2D eigenvalue weighted by Crippen LogP contribution is 2.20. The van der Waals surface area contributed by atoms with Gasteiger partial charge in [0.15, 0.2) is 0 Å². The van der Waals surface area contributed by atoms with Gasteiger partial charge in [-0.15, -0.1) is 0 Å². The smallest absolute Gasteiger partial charge is 0.0273 e. The molecule has 0 fully saturated rings. The number of hydrogen-bond donors (Lipinski definition) is 0. The Morgan fingerprint density at radius 3 is 0.897 bits per heavy atom. The van der Waals surface area contributed by atoms with Gasteiger partial charge in [-0.05, 0) is 79.0 Å². The van der Waals surface area contributed by atoms with Gasteiger partial charge >= 0.3 is 0 Å². The van der Waals surface area contributed by atoms with Gasteiger partial charge in [0.2, 0.25) is 0 Å². The monoisotopic (exact) mass is 398 g/mol. The first-order valence-electron chi connectivity index (χ1n) is 11.0. The van der Waals surface area contributed by atoms with Crippen LogP contribution in [0.5, 0.6) is 0 Å². The van der Waals surface area contributed by atoms with Crippen LogP contribution in [0.1, 0.15) is 97.9 Å². The summed E-state index contributed by atoms with van der Waals surface area (Å²) in [6.45, 7) is 13.0. The first kappa shape index (κ1) is 29.6. The predicted octanol–water partition coefficient (Wildman–Crippen LogP) is 9.34. The van der Waals surface area contributed by atoms with E-state index in [2.05, 4.69) is 90.1 Å².